The van der Waals surface area contributed by atoms with Gasteiger partial charge in [-0.1, -0.05) is 26.0 Å². The number of rotatable bonds is 6. The van der Waals surface area contributed by atoms with E-state index in [9.17, 15) is 16.8 Å². The molecule has 0 spiro atoms. The van der Waals surface area contributed by atoms with Gasteiger partial charge in [-0.15, -0.1) is 0 Å². The Morgan fingerprint density at radius 2 is 1.16 bits per heavy atom. The van der Waals surface area contributed by atoms with E-state index >= 15 is 0 Å². The van der Waals surface area contributed by atoms with Gasteiger partial charge in [0.1, 0.15) is 0 Å². The number of sulfonamides is 2. The van der Waals surface area contributed by atoms with Crippen LogP contribution in [-0.4, -0.2) is 29.9 Å². The largest absolute Gasteiger partial charge is 0.240 e. The molecule has 1 aliphatic rings. The van der Waals surface area contributed by atoms with Gasteiger partial charge in [-0.3, -0.25) is 0 Å². The van der Waals surface area contributed by atoms with Crippen LogP contribution in [0.4, 0.5) is 0 Å². The van der Waals surface area contributed by atoms with Crippen LogP contribution in [0.25, 0.3) is 11.1 Å². The Kier molecular flexibility index (Phi) is 4.72. The van der Waals surface area contributed by atoms with Crippen molar-refractivity contribution in [3.05, 3.63) is 47.5 Å². The molecule has 0 unspecified atom stereocenters. The fraction of sp³-hybridized carbons (Fsp3) is 0.294. The highest BCUT2D eigenvalue weighted by atomic mass is 32.2. The summed E-state index contributed by atoms with van der Waals surface area (Å²) in [5.41, 5.74) is 3.65. The average Bonchev–Trinajstić information content (AvgIpc) is 2.91. The van der Waals surface area contributed by atoms with Gasteiger partial charge in [0.2, 0.25) is 20.0 Å². The Morgan fingerprint density at radius 1 is 0.760 bits per heavy atom. The van der Waals surface area contributed by atoms with E-state index in [1.165, 1.54) is 0 Å². The van der Waals surface area contributed by atoms with E-state index in [-0.39, 0.29) is 9.79 Å². The van der Waals surface area contributed by atoms with Crippen LogP contribution in [0.5, 0.6) is 0 Å². The zero-order valence-electron chi connectivity index (χ0n) is 14.0. The summed E-state index contributed by atoms with van der Waals surface area (Å²) in [4.78, 5) is 0.447. The summed E-state index contributed by atoms with van der Waals surface area (Å²) >= 11 is 0. The molecule has 2 N–H and O–H groups in total. The van der Waals surface area contributed by atoms with Gasteiger partial charge >= 0.3 is 0 Å². The van der Waals surface area contributed by atoms with Crippen LogP contribution < -0.4 is 9.44 Å². The fourth-order valence-corrected chi connectivity index (χ4v) is 5.23. The third-order valence-electron chi connectivity index (χ3n) is 4.11. The zero-order valence-corrected chi connectivity index (χ0v) is 15.7. The molecule has 6 nitrogen and oxygen atoms in total. The summed E-state index contributed by atoms with van der Waals surface area (Å²) in [6.07, 6.45) is 0.510. The number of hydrogen-bond acceptors (Lipinski definition) is 4. The van der Waals surface area contributed by atoms with Crippen LogP contribution >= 0.6 is 0 Å². The monoisotopic (exact) mass is 380 g/mol. The molecule has 0 saturated carbocycles. The van der Waals surface area contributed by atoms with Crippen molar-refractivity contribution in [1.29, 1.82) is 0 Å². The van der Waals surface area contributed by atoms with Crippen LogP contribution in [0, 0.1) is 0 Å². The van der Waals surface area contributed by atoms with E-state index in [4.69, 9.17) is 0 Å². The SMILES string of the molecule is CCNS(=O)(=O)c1ccc2c(c1)Cc1cc(S(=O)(=O)NCC)ccc1-2. The Hall–Kier alpha value is -1.74. The molecular formula is C17H20N2O4S2. The van der Waals surface area contributed by atoms with Crippen molar-refractivity contribution in [2.24, 2.45) is 0 Å². The van der Waals surface area contributed by atoms with Crippen molar-refractivity contribution in [1.82, 2.24) is 9.44 Å². The van der Waals surface area contributed by atoms with E-state index < -0.39 is 20.0 Å². The molecule has 2 aromatic carbocycles. The van der Waals surface area contributed by atoms with Gasteiger partial charge in [0, 0.05) is 13.1 Å². The quantitative estimate of drug-likeness (QED) is 0.683. The Bertz CT molecular complexity index is 945. The lowest BCUT2D eigenvalue weighted by atomic mass is 10.1. The predicted octanol–water partition coefficient (Wildman–Crippen LogP) is 1.85. The van der Waals surface area contributed by atoms with Gasteiger partial charge in [-0.25, -0.2) is 26.3 Å². The molecule has 25 heavy (non-hydrogen) atoms. The maximum atomic E-state index is 12.2. The first kappa shape index (κ1) is 18.1. The van der Waals surface area contributed by atoms with Crippen molar-refractivity contribution in [3.8, 4) is 11.1 Å². The normalized spacial score (nSPS) is 13.5. The molecule has 8 heteroatoms. The smallest absolute Gasteiger partial charge is 0.211 e. The zero-order chi connectivity index (χ0) is 18.2. The van der Waals surface area contributed by atoms with Crippen molar-refractivity contribution < 1.29 is 16.8 Å². The third kappa shape index (κ3) is 3.35. The first-order chi connectivity index (χ1) is 11.8. The second-order valence-corrected chi connectivity index (χ2v) is 9.35. The minimum absolute atomic E-state index is 0.224. The predicted molar refractivity (Wildman–Crippen MR) is 96.4 cm³/mol. The van der Waals surface area contributed by atoms with E-state index in [2.05, 4.69) is 9.44 Å². The van der Waals surface area contributed by atoms with E-state index in [0.29, 0.717) is 19.5 Å². The van der Waals surface area contributed by atoms with Gasteiger partial charge in [-0.2, -0.15) is 0 Å². The van der Waals surface area contributed by atoms with E-state index in [0.717, 1.165) is 22.3 Å². The number of hydrogen-bond donors (Lipinski definition) is 2. The molecule has 0 saturated heterocycles. The van der Waals surface area contributed by atoms with Crippen molar-refractivity contribution in [2.45, 2.75) is 30.1 Å². The van der Waals surface area contributed by atoms with Gasteiger partial charge in [0.05, 0.1) is 9.79 Å². The lowest BCUT2D eigenvalue weighted by Crippen LogP contribution is -2.23. The Labute approximate surface area is 148 Å². The second-order valence-electron chi connectivity index (χ2n) is 5.82. The molecule has 0 radical (unpaired) electrons. The molecule has 134 valence electrons. The van der Waals surface area contributed by atoms with E-state index in [1.807, 2.05) is 0 Å². The maximum Gasteiger partial charge on any atom is 0.240 e. The summed E-state index contributed by atoms with van der Waals surface area (Å²) in [7, 11) is -7.03. The summed E-state index contributed by atoms with van der Waals surface area (Å²) in [5, 5.41) is 0. The number of fused-ring (bicyclic) bond motifs is 3. The standard InChI is InChI=1S/C17H20N2O4S2/c1-3-18-24(20,21)14-5-7-16-12(10-14)9-13-11-15(6-8-17(13)16)25(22,23)19-4-2/h5-8,10-11,18-19H,3-4,9H2,1-2H3. The molecule has 2 aromatic rings. The molecule has 0 amide bonds. The van der Waals surface area contributed by atoms with Gasteiger partial charge in [-0.05, 0) is 52.9 Å². The maximum absolute atomic E-state index is 12.2. The Morgan fingerprint density at radius 3 is 1.52 bits per heavy atom. The van der Waals surface area contributed by atoms with Gasteiger partial charge in [0.15, 0.2) is 0 Å². The molecule has 0 aromatic heterocycles. The lowest BCUT2D eigenvalue weighted by Gasteiger charge is -2.08. The highest BCUT2D eigenvalue weighted by molar-refractivity contribution is 7.89. The molecule has 0 fully saturated rings. The second kappa shape index (κ2) is 6.53. The molecule has 0 heterocycles. The topological polar surface area (TPSA) is 92.3 Å². The van der Waals surface area contributed by atoms with Gasteiger partial charge in [0.25, 0.3) is 0 Å². The Balaban J connectivity index is 2.00. The highest BCUT2D eigenvalue weighted by Gasteiger charge is 2.24. The minimum atomic E-state index is -3.51. The lowest BCUT2D eigenvalue weighted by molar-refractivity contribution is 0.582. The van der Waals surface area contributed by atoms with Crippen LogP contribution in [0.2, 0.25) is 0 Å². The third-order valence-corrected chi connectivity index (χ3v) is 7.20. The highest BCUT2D eigenvalue weighted by Crippen LogP contribution is 2.38. The van der Waals surface area contributed by atoms with Crippen molar-refractivity contribution in [3.63, 3.8) is 0 Å². The van der Waals surface area contributed by atoms with Crippen molar-refractivity contribution >= 4 is 20.0 Å². The minimum Gasteiger partial charge on any atom is -0.211 e. The molecule has 0 bridgehead atoms. The number of nitrogens with one attached hydrogen (secondary N) is 2. The first-order valence-electron chi connectivity index (χ1n) is 8.04. The van der Waals surface area contributed by atoms with Crippen LogP contribution in [0.1, 0.15) is 25.0 Å². The summed E-state index contributed by atoms with van der Waals surface area (Å²) < 4.78 is 53.6. The fourth-order valence-electron chi connectivity index (χ4n) is 3.04. The molecule has 1 aliphatic carbocycles. The summed E-state index contributed by atoms with van der Waals surface area (Å²) in [5.74, 6) is 0. The summed E-state index contributed by atoms with van der Waals surface area (Å²) in [6, 6.07) is 10.0. The van der Waals surface area contributed by atoms with Crippen molar-refractivity contribution in [2.75, 3.05) is 13.1 Å². The molecule has 0 aliphatic heterocycles. The van der Waals surface area contributed by atoms with E-state index in [1.54, 1.807) is 50.2 Å². The number of benzene rings is 2. The molecule has 3 rings (SSSR count). The first-order valence-corrected chi connectivity index (χ1v) is 11.0. The summed E-state index contributed by atoms with van der Waals surface area (Å²) in [6.45, 7) is 4.11. The van der Waals surface area contributed by atoms with Crippen LogP contribution in [-0.2, 0) is 26.5 Å². The average molecular weight is 380 g/mol. The molecular weight excluding hydrogens is 360 g/mol. The van der Waals surface area contributed by atoms with Crippen LogP contribution in [0.3, 0.4) is 0 Å². The van der Waals surface area contributed by atoms with Crippen LogP contribution in [0.15, 0.2) is 46.2 Å². The van der Waals surface area contributed by atoms with Gasteiger partial charge < -0.3 is 0 Å². The molecule has 0 atom stereocenters.